The molecule has 0 saturated heterocycles. The van der Waals surface area contributed by atoms with Crippen molar-refractivity contribution < 1.29 is 18.0 Å². The van der Waals surface area contributed by atoms with Crippen LogP contribution in [0.1, 0.15) is 18.5 Å². The van der Waals surface area contributed by atoms with Crippen LogP contribution in [0.5, 0.6) is 0 Å². The molecule has 1 heterocycles. The molecule has 1 fully saturated rings. The lowest BCUT2D eigenvalue weighted by Crippen LogP contribution is -2.30. The number of nitrogens with zero attached hydrogens (tertiary/aromatic N) is 2. The van der Waals surface area contributed by atoms with Crippen molar-refractivity contribution >= 4 is 11.9 Å². The third-order valence-electron chi connectivity index (χ3n) is 2.60. The summed E-state index contributed by atoms with van der Waals surface area (Å²) in [6, 6.07) is 0.806. The molecular formula is C11H13F3N4O. The summed E-state index contributed by atoms with van der Waals surface area (Å²) in [6.07, 6.45) is -1.62. The molecule has 1 aromatic heterocycles. The molecule has 1 saturated carbocycles. The molecule has 2 rings (SSSR count). The molecule has 8 heteroatoms. The normalized spacial score (nSPS) is 15.1. The minimum Gasteiger partial charge on any atom is -0.354 e. The van der Waals surface area contributed by atoms with E-state index in [-0.39, 0.29) is 24.3 Å². The highest BCUT2D eigenvalue weighted by Crippen LogP contribution is 2.28. The zero-order valence-corrected chi connectivity index (χ0v) is 10.00. The van der Waals surface area contributed by atoms with Gasteiger partial charge in [0.25, 0.3) is 0 Å². The van der Waals surface area contributed by atoms with Crippen LogP contribution in [-0.2, 0) is 11.0 Å². The number of alkyl halides is 3. The van der Waals surface area contributed by atoms with E-state index < -0.39 is 11.9 Å². The molecule has 1 aromatic rings. The van der Waals surface area contributed by atoms with E-state index in [4.69, 9.17) is 0 Å². The molecule has 0 aliphatic heterocycles. The van der Waals surface area contributed by atoms with Gasteiger partial charge in [-0.2, -0.15) is 13.2 Å². The van der Waals surface area contributed by atoms with E-state index in [1.165, 1.54) is 0 Å². The van der Waals surface area contributed by atoms with E-state index in [9.17, 15) is 18.0 Å². The average molecular weight is 274 g/mol. The van der Waals surface area contributed by atoms with Gasteiger partial charge in [-0.15, -0.1) is 0 Å². The summed E-state index contributed by atoms with van der Waals surface area (Å²) in [5, 5.41) is 5.32. The Morgan fingerprint density at radius 2 is 2.11 bits per heavy atom. The van der Waals surface area contributed by atoms with Crippen LogP contribution in [0.15, 0.2) is 12.3 Å². The van der Waals surface area contributed by atoms with Crippen molar-refractivity contribution in [2.75, 3.05) is 18.4 Å². The molecular weight excluding hydrogens is 261 g/mol. The average Bonchev–Trinajstić information content (AvgIpc) is 3.18. The van der Waals surface area contributed by atoms with Crippen LogP contribution in [-0.4, -0.2) is 29.0 Å². The van der Waals surface area contributed by atoms with Crippen LogP contribution in [0, 0.1) is 5.92 Å². The third-order valence-corrected chi connectivity index (χ3v) is 2.60. The van der Waals surface area contributed by atoms with E-state index in [0.29, 0.717) is 6.54 Å². The molecule has 5 nitrogen and oxygen atoms in total. The Labute approximate surface area is 107 Å². The molecule has 19 heavy (non-hydrogen) atoms. The fraction of sp³-hybridized carbons (Fsp3) is 0.545. The zero-order valence-electron chi connectivity index (χ0n) is 10.00. The van der Waals surface area contributed by atoms with Gasteiger partial charge in [0.1, 0.15) is 5.69 Å². The van der Waals surface area contributed by atoms with Gasteiger partial charge < -0.3 is 10.6 Å². The van der Waals surface area contributed by atoms with Gasteiger partial charge in [-0.25, -0.2) is 9.97 Å². The molecule has 0 bridgehead atoms. The Bertz CT molecular complexity index is 459. The van der Waals surface area contributed by atoms with Crippen LogP contribution < -0.4 is 10.6 Å². The van der Waals surface area contributed by atoms with Crippen LogP contribution in [0.4, 0.5) is 19.1 Å². The molecule has 2 N–H and O–H groups in total. The van der Waals surface area contributed by atoms with Crippen molar-refractivity contribution in [1.29, 1.82) is 0 Å². The molecule has 1 amide bonds. The standard InChI is InChI=1S/C11H13F3N4O/c12-11(13,14)8-3-4-16-10(18-8)17-6-5-15-9(19)7-1-2-7/h3-4,7H,1-2,5-6H2,(H,15,19)(H,16,17,18). The molecule has 0 radical (unpaired) electrons. The van der Waals surface area contributed by atoms with Gasteiger partial charge in [-0.1, -0.05) is 0 Å². The summed E-state index contributed by atoms with van der Waals surface area (Å²) in [5.74, 6) is 0.00654. The second-order valence-electron chi connectivity index (χ2n) is 4.26. The van der Waals surface area contributed by atoms with E-state index in [1.54, 1.807) is 0 Å². The number of amides is 1. The van der Waals surface area contributed by atoms with Gasteiger partial charge in [0.15, 0.2) is 0 Å². The molecule has 0 spiro atoms. The lowest BCUT2D eigenvalue weighted by atomic mass is 10.4. The minimum atomic E-state index is -4.49. The molecule has 1 aliphatic carbocycles. The number of halogens is 3. The van der Waals surface area contributed by atoms with Gasteiger partial charge in [-0.05, 0) is 18.9 Å². The Kier molecular flexibility index (Phi) is 3.87. The minimum absolute atomic E-state index is 0.00763. The maximum absolute atomic E-state index is 12.4. The van der Waals surface area contributed by atoms with Crippen LogP contribution in [0.25, 0.3) is 0 Å². The monoisotopic (exact) mass is 274 g/mol. The van der Waals surface area contributed by atoms with E-state index >= 15 is 0 Å². The van der Waals surface area contributed by atoms with Crippen LogP contribution >= 0.6 is 0 Å². The number of anilines is 1. The quantitative estimate of drug-likeness (QED) is 0.797. The summed E-state index contributed by atoms with van der Waals surface area (Å²) in [6.45, 7) is 0.606. The Hall–Kier alpha value is -1.86. The first-order valence-electron chi connectivity index (χ1n) is 5.88. The predicted molar refractivity (Wildman–Crippen MR) is 61.3 cm³/mol. The molecule has 0 aromatic carbocycles. The lowest BCUT2D eigenvalue weighted by Gasteiger charge is -2.09. The number of hydrogen-bond donors (Lipinski definition) is 2. The van der Waals surface area contributed by atoms with Crippen molar-refractivity contribution in [1.82, 2.24) is 15.3 Å². The Morgan fingerprint density at radius 3 is 2.74 bits per heavy atom. The molecule has 1 aliphatic rings. The molecule has 0 unspecified atom stereocenters. The zero-order chi connectivity index (χ0) is 13.9. The van der Waals surface area contributed by atoms with Gasteiger partial charge >= 0.3 is 6.18 Å². The van der Waals surface area contributed by atoms with Crippen molar-refractivity contribution in [3.63, 3.8) is 0 Å². The fourth-order valence-electron chi connectivity index (χ4n) is 1.45. The van der Waals surface area contributed by atoms with E-state index in [0.717, 1.165) is 25.1 Å². The summed E-state index contributed by atoms with van der Waals surface area (Å²) in [4.78, 5) is 18.3. The SMILES string of the molecule is O=C(NCCNc1nccc(C(F)(F)F)n1)C1CC1. The second kappa shape index (κ2) is 5.41. The van der Waals surface area contributed by atoms with Gasteiger partial charge in [0.05, 0.1) is 0 Å². The maximum atomic E-state index is 12.4. The first-order chi connectivity index (χ1) is 8.97. The predicted octanol–water partition coefficient (Wildman–Crippen LogP) is 1.43. The fourth-order valence-corrected chi connectivity index (χ4v) is 1.45. The summed E-state index contributed by atoms with van der Waals surface area (Å²) < 4.78 is 37.1. The maximum Gasteiger partial charge on any atom is 0.433 e. The van der Waals surface area contributed by atoms with Crippen molar-refractivity contribution in [2.45, 2.75) is 19.0 Å². The van der Waals surface area contributed by atoms with E-state index in [1.807, 2.05) is 0 Å². The topological polar surface area (TPSA) is 66.9 Å². The molecule has 0 atom stereocenters. The van der Waals surface area contributed by atoms with Crippen LogP contribution in [0.2, 0.25) is 0 Å². The van der Waals surface area contributed by atoms with Gasteiger partial charge in [0.2, 0.25) is 11.9 Å². The summed E-state index contributed by atoms with van der Waals surface area (Å²) in [5.41, 5.74) is -0.994. The van der Waals surface area contributed by atoms with Crippen LogP contribution in [0.3, 0.4) is 0 Å². The van der Waals surface area contributed by atoms with Gasteiger partial charge in [-0.3, -0.25) is 4.79 Å². The number of rotatable bonds is 5. The smallest absolute Gasteiger partial charge is 0.354 e. The van der Waals surface area contributed by atoms with Crippen molar-refractivity contribution in [3.05, 3.63) is 18.0 Å². The highest BCUT2D eigenvalue weighted by atomic mass is 19.4. The highest BCUT2D eigenvalue weighted by molar-refractivity contribution is 5.80. The number of carbonyl (C=O) groups is 1. The van der Waals surface area contributed by atoms with Crippen molar-refractivity contribution in [3.8, 4) is 0 Å². The first-order valence-corrected chi connectivity index (χ1v) is 5.88. The van der Waals surface area contributed by atoms with Gasteiger partial charge in [0, 0.05) is 25.2 Å². The number of aromatic nitrogens is 2. The van der Waals surface area contributed by atoms with Crippen molar-refractivity contribution in [2.24, 2.45) is 5.92 Å². The second-order valence-corrected chi connectivity index (χ2v) is 4.26. The first kappa shape index (κ1) is 13.6. The number of nitrogens with one attached hydrogen (secondary N) is 2. The number of hydrogen-bond acceptors (Lipinski definition) is 4. The lowest BCUT2D eigenvalue weighted by molar-refractivity contribution is -0.141. The Morgan fingerprint density at radius 1 is 1.37 bits per heavy atom. The summed E-state index contributed by atoms with van der Waals surface area (Å²) in [7, 11) is 0. The largest absolute Gasteiger partial charge is 0.433 e. The van der Waals surface area contributed by atoms with E-state index in [2.05, 4.69) is 20.6 Å². The number of carbonyl (C=O) groups excluding carboxylic acids is 1. The summed E-state index contributed by atoms with van der Waals surface area (Å²) >= 11 is 0. The highest BCUT2D eigenvalue weighted by Gasteiger charge is 2.32. The molecule has 104 valence electrons. The Balaban J connectivity index is 1.77. The third kappa shape index (κ3) is 4.08.